The van der Waals surface area contributed by atoms with E-state index in [1.54, 1.807) is 6.21 Å². The van der Waals surface area contributed by atoms with Gasteiger partial charge in [-0.15, -0.1) is 0 Å². The molecule has 1 saturated carbocycles. The van der Waals surface area contributed by atoms with Gasteiger partial charge in [-0.2, -0.15) is 5.10 Å². The van der Waals surface area contributed by atoms with Gasteiger partial charge in [0.05, 0.1) is 0 Å². The summed E-state index contributed by atoms with van der Waals surface area (Å²) in [5.41, 5.74) is 2.64. The van der Waals surface area contributed by atoms with Gasteiger partial charge in [0.25, 0.3) is 0 Å². The van der Waals surface area contributed by atoms with E-state index in [4.69, 9.17) is 0 Å². The Labute approximate surface area is 92.3 Å². The molecule has 0 aromatic carbocycles. The molecule has 1 N–H and O–H groups in total. The minimum atomic E-state index is 0.0964. The fourth-order valence-electron chi connectivity index (χ4n) is 2.04. The summed E-state index contributed by atoms with van der Waals surface area (Å²) in [4.78, 5) is 11.8. The van der Waals surface area contributed by atoms with Crippen molar-refractivity contribution in [2.45, 2.75) is 46.5 Å². The van der Waals surface area contributed by atoms with Crippen LogP contribution in [0.4, 0.5) is 0 Å². The number of carbonyl (C=O) groups is 1. The van der Waals surface area contributed by atoms with Crippen LogP contribution in [0.25, 0.3) is 0 Å². The van der Waals surface area contributed by atoms with Crippen molar-refractivity contribution in [2.24, 2.45) is 22.9 Å². The van der Waals surface area contributed by atoms with Crippen molar-refractivity contribution >= 4 is 12.1 Å². The number of amides is 1. The SMILES string of the molecule is CC(C)/C=N/NC(=O)C1CCCCC1C. The highest BCUT2D eigenvalue weighted by Crippen LogP contribution is 2.29. The van der Waals surface area contributed by atoms with Crippen LogP contribution < -0.4 is 5.43 Å². The molecule has 86 valence electrons. The third-order valence-electron chi connectivity index (χ3n) is 3.00. The number of hydrazone groups is 1. The lowest BCUT2D eigenvalue weighted by Gasteiger charge is -2.26. The maximum Gasteiger partial charge on any atom is 0.243 e. The van der Waals surface area contributed by atoms with Crippen molar-refractivity contribution in [2.75, 3.05) is 0 Å². The summed E-state index contributed by atoms with van der Waals surface area (Å²) in [6.45, 7) is 6.24. The van der Waals surface area contributed by atoms with E-state index < -0.39 is 0 Å². The quantitative estimate of drug-likeness (QED) is 0.564. The summed E-state index contributed by atoms with van der Waals surface area (Å²) in [6.07, 6.45) is 6.40. The molecule has 0 bridgehead atoms. The monoisotopic (exact) mass is 210 g/mol. The van der Waals surface area contributed by atoms with Crippen LogP contribution in [0.3, 0.4) is 0 Å². The summed E-state index contributed by atoms with van der Waals surface area (Å²) in [5.74, 6) is 1.16. The number of hydrogen-bond donors (Lipinski definition) is 1. The molecule has 1 rings (SSSR count). The van der Waals surface area contributed by atoms with Gasteiger partial charge in [0.1, 0.15) is 0 Å². The first-order valence-electron chi connectivity index (χ1n) is 5.94. The average Bonchev–Trinajstić information content (AvgIpc) is 2.17. The van der Waals surface area contributed by atoms with Gasteiger partial charge >= 0.3 is 0 Å². The minimum Gasteiger partial charge on any atom is -0.273 e. The number of nitrogens with one attached hydrogen (secondary N) is 1. The number of rotatable bonds is 3. The van der Waals surface area contributed by atoms with Gasteiger partial charge in [-0.3, -0.25) is 4.79 Å². The van der Waals surface area contributed by atoms with E-state index in [9.17, 15) is 4.79 Å². The lowest BCUT2D eigenvalue weighted by atomic mass is 9.80. The zero-order valence-corrected chi connectivity index (χ0v) is 9.99. The fourth-order valence-corrected chi connectivity index (χ4v) is 2.04. The molecule has 0 aromatic heterocycles. The van der Waals surface area contributed by atoms with E-state index in [2.05, 4.69) is 17.5 Å². The maximum atomic E-state index is 11.8. The predicted octanol–water partition coefficient (Wildman–Crippen LogP) is 2.57. The van der Waals surface area contributed by atoms with Gasteiger partial charge in [-0.1, -0.05) is 33.6 Å². The molecule has 1 aliphatic rings. The van der Waals surface area contributed by atoms with Gasteiger partial charge in [-0.25, -0.2) is 5.43 Å². The lowest BCUT2D eigenvalue weighted by molar-refractivity contribution is -0.127. The molecule has 3 heteroatoms. The van der Waals surface area contributed by atoms with Gasteiger partial charge in [-0.05, 0) is 24.7 Å². The number of carbonyl (C=O) groups excluding carboxylic acids is 1. The van der Waals surface area contributed by atoms with Crippen LogP contribution in [0.5, 0.6) is 0 Å². The second-order valence-corrected chi connectivity index (χ2v) is 4.87. The predicted molar refractivity (Wildman–Crippen MR) is 62.6 cm³/mol. The third-order valence-corrected chi connectivity index (χ3v) is 3.00. The Bertz CT molecular complexity index is 236. The second kappa shape index (κ2) is 5.89. The van der Waals surface area contributed by atoms with Crippen LogP contribution in [0.15, 0.2) is 5.10 Å². The van der Waals surface area contributed by atoms with E-state index in [1.807, 2.05) is 13.8 Å². The van der Waals surface area contributed by atoms with Crippen LogP contribution in [0.2, 0.25) is 0 Å². The first kappa shape index (κ1) is 12.2. The third kappa shape index (κ3) is 4.02. The number of hydrogen-bond acceptors (Lipinski definition) is 2. The van der Waals surface area contributed by atoms with Crippen molar-refractivity contribution < 1.29 is 4.79 Å². The van der Waals surface area contributed by atoms with E-state index in [1.165, 1.54) is 19.3 Å². The Morgan fingerprint density at radius 3 is 2.67 bits per heavy atom. The summed E-state index contributed by atoms with van der Waals surface area (Å²) < 4.78 is 0. The molecular formula is C12H22N2O. The van der Waals surface area contributed by atoms with Gasteiger partial charge in [0.15, 0.2) is 0 Å². The van der Waals surface area contributed by atoms with Crippen molar-refractivity contribution in [1.29, 1.82) is 0 Å². The highest BCUT2D eigenvalue weighted by atomic mass is 16.2. The molecule has 0 radical (unpaired) electrons. The summed E-state index contributed by atoms with van der Waals surface area (Å²) >= 11 is 0. The molecule has 2 unspecified atom stereocenters. The highest BCUT2D eigenvalue weighted by Gasteiger charge is 2.27. The van der Waals surface area contributed by atoms with Gasteiger partial charge in [0.2, 0.25) is 5.91 Å². The fraction of sp³-hybridized carbons (Fsp3) is 0.833. The van der Waals surface area contributed by atoms with E-state index in [0.717, 1.165) is 6.42 Å². The number of nitrogens with zero attached hydrogens (tertiary/aromatic N) is 1. The normalized spacial score (nSPS) is 27.2. The maximum absolute atomic E-state index is 11.8. The molecule has 1 amide bonds. The van der Waals surface area contributed by atoms with Crippen molar-refractivity contribution in [1.82, 2.24) is 5.43 Å². The van der Waals surface area contributed by atoms with Crippen LogP contribution in [-0.2, 0) is 4.79 Å². The Morgan fingerprint density at radius 1 is 1.40 bits per heavy atom. The molecule has 1 aliphatic carbocycles. The van der Waals surface area contributed by atoms with Crippen molar-refractivity contribution in [3.63, 3.8) is 0 Å². The highest BCUT2D eigenvalue weighted by molar-refractivity contribution is 5.79. The van der Waals surface area contributed by atoms with E-state index in [0.29, 0.717) is 11.8 Å². The summed E-state index contributed by atoms with van der Waals surface area (Å²) in [5, 5.41) is 3.96. The first-order valence-corrected chi connectivity index (χ1v) is 5.94. The van der Waals surface area contributed by atoms with Crippen LogP contribution in [0, 0.1) is 17.8 Å². The average molecular weight is 210 g/mol. The van der Waals surface area contributed by atoms with Gasteiger partial charge < -0.3 is 0 Å². The Kier molecular flexibility index (Phi) is 4.79. The van der Waals surface area contributed by atoms with Gasteiger partial charge in [0, 0.05) is 12.1 Å². The molecule has 2 atom stereocenters. The van der Waals surface area contributed by atoms with Crippen LogP contribution >= 0.6 is 0 Å². The topological polar surface area (TPSA) is 41.5 Å². The zero-order chi connectivity index (χ0) is 11.3. The molecule has 15 heavy (non-hydrogen) atoms. The van der Waals surface area contributed by atoms with Crippen LogP contribution in [-0.4, -0.2) is 12.1 Å². The zero-order valence-electron chi connectivity index (χ0n) is 9.99. The smallest absolute Gasteiger partial charge is 0.243 e. The van der Waals surface area contributed by atoms with E-state index in [-0.39, 0.29) is 11.8 Å². The largest absolute Gasteiger partial charge is 0.273 e. The Hall–Kier alpha value is -0.860. The summed E-state index contributed by atoms with van der Waals surface area (Å²) in [7, 11) is 0. The van der Waals surface area contributed by atoms with Crippen molar-refractivity contribution in [3.05, 3.63) is 0 Å². The molecule has 0 spiro atoms. The summed E-state index contributed by atoms with van der Waals surface area (Å²) in [6, 6.07) is 0. The standard InChI is InChI=1S/C12H22N2O/c1-9(2)8-13-14-12(15)11-7-5-4-6-10(11)3/h8-11H,4-7H2,1-3H3,(H,14,15)/b13-8+. The first-order chi connectivity index (χ1) is 7.11. The molecule has 0 aromatic rings. The van der Waals surface area contributed by atoms with E-state index >= 15 is 0 Å². The lowest BCUT2D eigenvalue weighted by Crippen LogP contribution is -2.33. The molecule has 0 heterocycles. The van der Waals surface area contributed by atoms with Crippen LogP contribution in [0.1, 0.15) is 46.5 Å². The molecule has 0 saturated heterocycles. The van der Waals surface area contributed by atoms with Crippen molar-refractivity contribution in [3.8, 4) is 0 Å². The Morgan fingerprint density at radius 2 is 2.07 bits per heavy atom. The molecule has 1 fully saturated rings. The molecule has 3 nitrogen and oxygen atoms in total. The Balaban J connectivity index is 2.38. The second-order valence-electron chi connectivity index (χ2n) is 4.87. The molecular weight excluding hydrogens is 188 g/mol. The minimum absolute atomic E-state index is 0.0964. The molecule has 0 aliphatic heterocycles.